The summed E-state index contributed by atoms with van der Waals surface area (Å²) >= 11 is 5.78. The van der Waals surface area contributed by atoms with E-state index in [-0.39, 0.29) is 11.2 Å². The van der Waals surface area contributed by atoms with Crippen LogP contribution >= 0.6 is 11.6 Å². The number of benzene rings is 1. The van der Waals surface area contributed by atoms with Gasteiger partial charge in [-0.3, -0.25) is 0 Å². The molecule has 0 radical (unpaired) electrons. The van der Waals surface area contributed by atoms with Gasteiger partial charge in [0.1, 0.15) is 6.04 Å². The van der Waals surface area contributed by atoms with Gasteiger partial charge in [0, 0.05) is 7.05 Å². The van der Waals surface area contributed by atoms with Crippen molar-refractivity contribution < 1.29 is 0 Å². The number of nitriles is 1. The van der Waals surface area contributed by atoms with Crippen LogP contribution in [0.4, 0.5) is 11.9 Å². The van der Waals surface area contributed by atoms with E-state index in [0.29, 0.717) is 5.95 Å². The van der Waals surface area contributed by atoms with Crippen molar-refractivity contribution in [2.24, 2.45) is 0 Å². The van der Waals surface area contributed by atoms with Crippen LogP contribution in [0.5, 0.6) is 0 Å². The fourth-order valence-corrected chi connectivity index (χ4v) is 1.65. The lowest BCUT2D eigenvalue weighted by Gasteiger charge is -2.12. The first-order valence-corrected chi connectivity index (χ1v) is 5.91. The Morgan fingerprint density at radius 3 is 2.47 bits per heavy atom. The molecule has 0 saturated heterocycles. The van der Waals surface area contributed by atoms with Crippen molar-refractivity contribution in [2.45, 2.75) is 6.04 Å². The lowest BCUT2D eigenvalue weighted by molar-refractivity contribution is 0.937. The van der Waals surface area contributed by atoms with Gasteiger partial charge in [0.15, 0.2) is 0 Å². The second-order valence-corrected chi connectivity index (χ2v) is 3.96. The lowest BCUT2D eigenvalue weighted by atomic mass is 10.1. The number of hydrogen-bond donors (Lipinski definition) is 2. The van der Waals surface area contributed by atoms with Crippen LogP contribution in [0.15, 0.2) is 30.3 Å². The number of aromatic nitrogens is 3. The molecule has 2 N–H and O–H groups in total. The molecule has 0 aliphatic rings. The first-order valence-electron chi connectivity index (χ1n) is 5.53. The molecule has 19 heavy (non-hydrogen) atoms. The normalized spacial score (nSPS) is 11.4. The number of nitrogens with one attached hydrogen (secondary N) is 2. The predicted octanol–water partition coefficient (Wildman–Crippen LogP) is 2.24. The number of anilines is 2. The summed E-state index contributed by atoms with van der Waals surface area (Å²) in [6.07, 6.45) is 0. The van der Waals surface area contributed by atoms with Crippen molar-refractivity contribution in [1.29, 1.82) is 5.26 Å². The molecule has 0 aliphatic carbocycles. The van der Waals surface area contributed by atoms with Gasteiger partial charge in [0.05, 0.1) is 6.07 Å². The van der Waals surface area contributed by atoms with Crippen LogP contribution in [-0.2, 0) is 0 Å². The molecule has 0 bridgehead atoms. The number of hydrogen-bond acceptors (Lipinski definition) is 6. The van der Waals surface area contributed by atoms with E-state index in [1.54, 1.807) is 7.05 Å². The highest BCUT2D eigenvalue weighted by Crippen LogP contribution is 2.17. The molecule has 1 aromatic carbocycles. The maximum absolute atomic E-state index is 9.20. The van der Waals surface area contributed by atoms with Gasteiger partial charge in [0.2, 0.25) is 17.2 Å². The van der Waals surface area contributed by atoms with E-state index in [1.165, 1.54) is 0 Å². The minimum Gasteiger partial charge on any atom is -0.357 e. The Morgan fingerprint density at radius 2 is 1.84 bits per heavy atom. The Morgan fingerprint density at radius 1 is 1.16 bits per heavy atom. The molecule has 6 nitrogen and oxygen atoms in total. The molecule has 2 aromatic rings. The molecule has 1 unspecified atom stereocenters. The van der Waals surface area contributed by atoms with E-state index >= 15 is 0 Å². The summed E-state index contributed by atoms with van der Waals surface area (Å²) in [7, 11) is 1.68. The average Bonchev–Trinajstić information content (AvgIpc) is 2.45. The van der Waals surface area contributed by atoms with Gasteiger partial charge in [-0.15, -0.1) is 0 Å². The SMILES string of the molecule is CNc1nc(Cl)nc(NC(C#N)c2ccccc2)n1. The summed E-state index contributed by atoms with van der Waals surface area (Å²) in [5, 5.41) is 14.9. The number of nitrogens with zero attached hydrogens (tertiary/aromatic N) is 4. The topological polar surface area (TPSA) is 86.5 Å². The molecule has 0 aliphatic heterocycles. The summed E-state index contributed by atoms with van der Waals surface area (Å²) in [5.74, 6) is 0.590. The van der Waals surface area contributed by atoms with Gasteiger partial charge in [-0.2, -0.15) is 20.2 Å². The van der Waals surface area contributed by atoms with Crippen molar-refractivity contribution in [3.63, 3.8) is 0 Å². The summed E-state index contributed by atoms with van der Waals surface area (Å²) in [6.45, 7) is 0. The van der Waals surface area contributed by atoms with Gasteiger partial charge >= 0.3 is 0 Å². The van der Waals surface area contributed by atoms with Crippen molar-refractivity contribution in [2.75, 3.05) is 17.7 Å². The molecule has 0 fully saturated rings. The highest BCUT2D eigenvalue weighted by molar-refractivity contribution is 6.28. The van der Waals surface area contributed by atoms with E-state index in [9.17, 15) is 5.26 Å². The summed E-state index contributed by atoms with van der Waals surface area (Å²) < 4.78 is 0. The van der Waals surface area contributed by atoms with Crippen LogP contribution in [0.25, 0.3) is 0 Å². The Hall–Kier alpha value is -2.39. The van der Waals surface area contributed by atoms with Crippen LogP contribution in [-0.4, -0.2) is 22.0 Å². The third-order valence-corrected chi connectivity index (χ3v) is 2.54. The summed E-state index contributed by atoms with van der Waals surface area (Å²) in [4.78, 5) is 11.9. The van der Waals surface area contributed by atoms with E-state index in [4.69, 9.17) is 11.6 Å². The van der Waals surface area contributed by atoms with Gasteiger partial charge < -0.3 is 10.6 Å². The zero-order valence-electron chi connectivity index (χ0n) is 10.1. The third kappa shape index (κ3) is 3.30. The second-order valence-electron chi connectivity index (χ2n) is 3.62. The Balaban J connectivity index is 2.24. The summed E-state index contributed by atoms with van der Waals surface area (Å²) in [6, 6.07) is 10.9. The van der Waals surface area contributed by atoms with Crippen LogP contribution < -0.4 is 10.6 Å². The van der Waals surface area contributed by atoms with Crippen molar-refractivity contribution >= 4 is 23.5 Å². The molecule has 7 heteroatoms. The molecule has 1 atom stereocenters. The lowest BCUT2D eigenvalue weighted by Crippen LogP contribution is -2.12. The molecule has 0 amide bonds. The fourth-order valence-electron chi connectivity index (χ4n) is 1.49. The minimum absolute atomic E-state index is 0.0617. The second kappa shape index (κ2) is 5.98. The molecule has 2 rings (SSSR count). The van der Waals surface area contributed by atoms with Crippen LogP contribution in [0.2, 0.25) is 5.28 Å². The Kier molecular flexibility index (Phi) is 4.11. The third-order valence-electron chi connectivity index (χ3n) is 2.37. The molecule has 0 spiro atoms. The molecular formula is C12H11ClN6. The van der Waals surface area contributed by atoms with Gasteiger partial charge in [-0.05, 0) is 17.2 Å². The van der Waals surface area contributed by atoms with E-state index in [0.717, 1.165) is 5.56 Å². The molecule has 1 aromatic heterocycles. The largest absolute Gasteiger partial charge is 0.357 e. The zero-order valence-corrected chi connectivity index (χ0v) is 10.9. The number of halogens is 1. The predicted molar refractivity (Wildman–Crippen MR) is 72.8 cm³/mol. The maximum atomic E-state index is 9.20. The van der Waals surface area contributed by atoms with E-state index in [2.05, 4.69) is 31.7 Å². The van der Waals surface area contributed by atoms with Gasteiger partial charge in [-0.1, -0.05) is 30.3 Å². The maximum Gasteiger partial charge on any atom is 0.230 e. The molecular weight excluding hydrogens is 264 g/mol. The van der Waals surface area contributed by atoms with Crippen molar-refractivity contribution in [3.05, 3.63) is 41.2 Å². The minimum atomic E-state index is -0.552. The highest BCUT2D eigenvalue weighted by Gasteiger charge is 2.12. The van der Waals surface area contributed by atoms with E-state index < -0.39 is 6.04 Å². The van der Waals surface area contributed by atoms with Gasteiger partial charge in [0.25, 0.3) is 0 Å². The molecule has 1 heterocycles. The van der Waals surface area contributed by atoms with Crippen LogP contribution in [0.1, 0.15) is 11.6 Å². The quantitative estimate of drug-likeness (QED) is 0.889. The highest BCUT2D eigenvalue weighted by atomic mass is 35.5. The molecule has 0 saturated carbocycles. The van der Waals surface area contributed by atoms with Crippen molar-refractivity contribution in [1.82, 2.24) is 15.0 Å². The average molecular weight is 275 g/mol. The smallest absolute Gasteiger partial charge is 0.230 e. The Labute approximate surface area is 115 Å². The first kappa shape index (κ1) is 13.1. The van der Waals surface area contributed by atoms with Crippen LogP contribution in [0, 0.1) is 11.3 Å². The van der Waals surface area contributed by atoms with Gasteiger partial charge in [-0.25, -0.2) is 0 Å². The zero-order chi connectivity index (χ0) is 13.7. The molecule has 96 valence electrons. The Bertz CT molecular complexity index is 595. The monoisotopic (exact) mass is 274 g/mol. The van der Waals surface area contributed by atoms with E-state index in [1.807, 2.05) is 30.3 Å². The number of rotatable bonds is 4. The fraction of sp³-hybridized carbons (Fsp3) is 0.167. The van der Waals surface area contributed by atoms with Crippen molar-refractivity contribution in [3.8, 4) is 6.07 Å². The van der Waals surface area contributed by atoms with Crippen LogP contribution in [0.3, 0.4) is 0 Å². The first-order chi connectivity index (χ1) is 9.22. The standard InChI is InChI=1S/C12H11ClN6/c1-15-11-17-10(13)18-12(19-11)16-9(7-14)8-5-3-2-4-6-8/h2-6,9H,1H3,(H2,15,16,17,18,19). The summed E-state index contributed by atoms with van der Waals surface area (Å²) in [5.41, 5.74) is 0.826.